The molecule has 2 aromatic heterocycles. The summed E-state index contributed by atoms with van der Waals surface area (Å²) in [5, 5.41) is 0. The van der Waals surface area contributed by atoms with Crippen LogP contribution in [0, 0.1) is 0 Å². The summed E-state index contributed by atoms with van der Waals surface area (Å²) in [6.07, 6.45) is 4.02. The highest BCUT2D eigenvalue weighted by molar-refractivity contribution is 5.66. The second-order valence-corrected chi connectivity index (χ2v) is 7.30. The molecule has 31 heavy (non-hydrogen) atoms. The van der Waals surface area contributed by atoms with Crippen LogP contribution in [0.1, 0.15) is 11.1 Å². The molecular weight excluding hydrogens is 384 g/mol. The third-order valence-corrected chi connectivity index (χ3v) is 5.08. The quantitative estimate of drug-likeness (QED) is 0.325. The van der Waals surface area contributed by atoms with E-state index in [1.807, 2.05) is 89.6 Å². The van der Waals surface area contributed by atoms with E-state index in [0.29, 0.717) is 24.7 Å². The predicted octanol–water partition coefficient (Wildman–Crippen LogP) is 6.16. The fraction of sp³-hybridized carbons (Fsp3) is 0.0741. The Morgan fingerprint density at radius 2 is 1.29 bits per heavy atom. The van der Waals surface area contributed by atoms with E-state index in [2.05, 4.69) is 24.3 Å². The number of pyridine rings is 1. The van der Waals surface area contributed by atoms with Crippen LogP contribution in [0.2, 0.25) is 0 Å². The first kappa shape index (κ1) is 18.9. The predicted molar refractivity (Wildman–Crippen MR) is 122 cm³/mol. The van der Waals surface area contributed by atoms with Gasteiger partial charge in [-0.25, -0.2) is 4.98 Å². The van der Waals surface area contributed by atoms with Crippen molar-refractivity contribution < 1.29 is 9.47 Å². The van der Waals surface area contributed by atoms with Gasteiger partial charge in [0.15, 0.2) is 11.5 Å². The van der Waals surface area contributed by atoms with Gasteiger partial charge in [0.25, 0.3) is 0 Å². The standard InChI is InChI=1S/C27H22N2O2/c1-3-9-21(10-4-1)19-30-25-15-14-23(24-18-29-16-8-7-13-27(29)28-24)17-26(25)31-20-22-11-5-2-6-12-22/h1-18H,19-20H2. The van der Waals surface area contributed by atoms with E-state index in [1.165, 1.54) is 0 Å². The van der Waals surface area contributed by atoms with E-state index in [-0.39, 0.29) is 0 Å². The second kappa shape index (κ2) is 8.76. The molecule has 0 atom stereocenters. The van der Waals surface area contributed by atoms with Crippen LogP contribution in [0.4, 0.5) is 0 Å². The molecule has 0 radical (unpaired) electrons. The summed E-state index contributed by atoms with van der Waals surface area (Å²) in [6, 6.07) is 32.2. The minimum absolute atomic E-state index is 0.469. The Morgan fingerprint density at radius 1 is 0.645 bits per heavy atom. The number of aromatic nitrogens is 2. The molecule has 0 bridgehead atoms. The highest BCUT2D eigenvalue weighted by atomic mass is 16.5. The largest absolute Gasteiger partial charge is 0.485 e. The van der Waals surface area contributed by atoms with Crippen LogP contribution in [-0.2, 0) is 13.2 Å². The molecule has 0 aliphatic carbocycles. The van der Waals surface area contributed by atoms with Gasteiger partial charge >= 0.3 is 0 Å². The highest BCUT2D eigenvalue weighted by Gasteiger charge is 2.11. The molecule has 0 amide bonds. The van der Waals surface area contributed by atoms with Gasteiger partial charge in [-0.1, -0.05) is 66.7 Å². The van der Waals surface area contributed by atoms with E-state index >= 15 is 0 Å². The van der Waals surface area contributed by atoms with Crippen LogP contribution >= 0.6 is 0 Å². The summed E-state index contributed by atoms with van der Waals surface area (Å²) in [5.41, 5.74) is 5.01. The van der Waals surface area contributed by atoms with Gasteiger partial charge in [0.05, 0.1) is 5.69 Å². The Hall–Kier alpha value is -4.05. The Balaban J connectivity index is 1.44. The van der Waals surface area contributed by atoms with E-state index < -0.39 is 0 Å². The van der Waals surface area contributed by atoms with Crippen LogP contribution in [0.15, 0.2) is 109 Å². The van der Waals surface area contributed by atoms with Gasteiger partial charge in [-0.3, -0.25) is 0 Å². The lowest BCUT2D eigenvalue weighted by Gasteiger charge is -2.14. The SMILES string of the molecule is c1ccc(COc2ccc(-c3cn4ccccc4n3)cc2OCc2ccccc2)cc1. The maximum absolute atomic E-state index is 6.19. The Bertz CT molecular complexity index is 1250. The van der Waals surface area contributed by atoms with Gasteiger partial charge in [-0.15, -0.1) is 0 Å². The number of ether oxygens (including phenoxy) is 2. The summed E-state index contributed by atoms with van der Waals surface area (Å²) >= 11 is 0. The van der Waals surface area contributed by atoms with E-state index in [0.717, 1.165) is 28.0 Å². The van der Waals surface area contributed by atoms with E-state index in [1.54, 1.807) is 0 Å². The topological polar surface area (TPSA) is 35.8 Å². The Morgan fingerprint density at radius 3 is 1.97 bits per heavy atom. The molecule has 0 aliphatic heterocycles. The number of benzene rings is 3. The van der Waals surface area contributed by atoms with Crippen molar-refractivity contribution in [3.05, 3.63) is 121 Å². The van der Waals surface area contributed by atoms with Crippen molar-refractivity contribution in [1.82, 2.24) is 9.38 Å². The maximum Gasteiger partial charge on any atom is 0.162 e. The molecule has 3 aromatic carbocycles. The molecule has 4 nitrogen and oxygen atoms in total. The Kier molecular flexibility index (Phi) is 5.35. The lowest BCUT2D eigenvalue weighted by molar-refractivity contribution is 0.256. The van der Waals surface area contributed by atoms with Crippen LogP contribution in [0.25, 0.3) is 16.9 Å². The number of hydrogen-bond acceptors (Lipinski definition) is 3. The molecule has 0 saturated heterocycles. The van der Waals surface area contributed by atoms with E-state index in [4.69, 9.17) is 14.5 Å². The normalized spacial score (nSPS) is 10.8. The third kappa shape index (κ3) is 4.43. The number of imidazole rings is 1. The molecule has 0 fully saturated rings. The monoisotopic (exact) mass is 406 g/mol. The number of fused-ring (bicyclic) bond motifs is 1. The zero-order valence-electron chi connectivity index (χ0n) is 17.0. The molecule has 0 N–H and O–H groups in total. The maximum atomic E-state index is 6.19. The molecule has 4 heteroatoms. The van der Waals surface area contributed by atoms with Crippen molar-refractivity contribution in [2.45, 2.75) is 13.2 Å². The summed E-state index contributed by atoms with van der Waals surface area (Å²) in [6.45, 7) is 0.952. The first-order chi connectivity index (χ1) is 15.3. The number of rotatable bonds is 7. The van der Waals surface area contributed by atoms with Gasteiger partial charge in [-0.05, 0) is 41.5 Å². The van der Waals surface area contributed by atoms with Crippen LogP contribution < -0.4 is 9.47 Å². The lowest BCUT2D eigenvalue weighted by Crippen LogP contribution is -2.01. The minimum atomic E-state index is 0.469. The fourth-order valence-corrected chi connectivity index (χ4v) is 3.44. The van der Waals surface area contributed by atoms with Crippen molar-refractivity contribution in [3.8, 4) is 22.8 Å². The average Bonchev–Trinajstić information content (AvgIpc) is 3.27. The molecule has 0 unspecified atom stereocenters. The first-order valence-electron chi connectivity index (χ1n) is 10.3. The zero-order valence-corrected chi connectivity index (χ0v) is 17.0. The zero-order chi connectivity index (χ0) is 20.9. The van der Waals surface area contributed by atoms with Crippen LogP contribution in [0.5, 0.6) is 11.5 Å². The van der Waals surface area contributed by atoms with Gasteiger partial charge in [0.1, 0.15) is 18.9 Å². The molecule has 0 spiro atoms. The second-order valence-electron chi connectivity index (χ2n) is 7.30. The molecule has 152 valence electrons. The number of hydrogen-bond donors (Lipinski definition) is 0. The molecular formula is C27H22N2O2. The molecule has 0 aliphatic rings. The van der Waals surface area contributed by atoms with Gasteiger partial charge < -0.3 is 13.9 Å². The highest BCUT2D eigenvalue weighted by Crippen LogP contribution is 2.33. The lowest BCUT2D eigenvalue weighted by atomic mass is 10.1. The third-order valence-electron chi connectivity index (χ3n) is 5.08. The minimum Gasteiger partial charge on any atom is -0.485 e. The molecule has 0 saturated carbocycles. The van der Waals surface area contributed by atoms with Crippen molar-refractivity contribution in [3.63, 3.8) is 0 Å². The van der Waals surface area contributed by atoms with Gasteiger partial charge in [0, 0.05) is 18.0 Å². The van der Waals surface area contributed by atoms with Crippen molar-refractivity contribution in [2.75, 3.05) is 0 Å². The molecule has 5 rings (SSSR count). The molecule has 5 aromatic rings. The van der Waals surface area contributed by atoms with Crippen molar-refractivity contribution >= 4 is 5.65 Å². The van der Waals surface area contributed by atoms with Gasteiger partial charge in [-0.2, -0.15) is 0 Å². The summed E-state index contributed by atoms with van der Waals surface area (Å²) in [4.78, 5) is 4.73. The molecule has 2 heterocycles. The van der Waals surface area contributed by atoms with Crippen molar-refractivity contribution in [1.29, 1.82) is 0 Å². The summed E-state index contributed by atoms with van der Waals surface area (Å²) in [5.74, 6) is 1.42. The summed E-state index contributed by atoms with van der Waals surface area (Å²) < 4.78 is 14.3. The smallest absolute Gasteiger partial charge is 0.162 e. The van der Waals surface area contributed by atoms with Crippen LogP contribution in [0.3, 0.4) is 0 Å². The van der Waals surface area contributed by atoms with Gasteiger partial charge in [0.2, 0.25) is 0 Å². The Labute approximate surface area is 181 Å². The van der Waals surface area contributed by atoms with E-state index in [9.17, 15) is 0 Å². The first-order valence-corrected chi connectivity index (χ1v) is 10.3. The number of nitrogens with zero attached hydrogens (tertiary/aromatic N) is 2. The van der Waals surface area contributed by atoms with Crippen molar-refractivity contribution in [2.24, 2.45) is 0 Å². The van der Waals surface area contributed by atoms with Crippen LogP contribution in [-0.4, -0.2) is 9.38 Å². The fourth-order valence-electron chi connectivity index (χ4n) is 3.44. The summed E-state index contributed by atoms with van der Waals surface area (Å²) in [7, 11) is 0. The average molecular weight is 406 g/mol.